The second kappa shape index (κ2) is 10.1. The topological polar surface area (TPSA) is 85.4 Å². The summed E-state index contributed by atoms with van der Waals surface area (Å²) in [5, 5.41) is 4.11. The lowest BCUT2D eigenvalue weighted by Gasteiger charge is -2.29. The van der Waals surface area contributed by atoms with Crippen molar-refractivity contribution in [3.05, 3.63) is 101 Å². The van der Waals surface area contributed by atoms with Gasteiger partial charge in [0.1, 0.15) is 0 Å². The summed E-state index contributed by atoms with van der Waals surface area (Å²) < 4.78 is 25.9. The minimum absolute atomic E-state index is 0.147. The molecule has 2 atom stereocenters. The summed E-state index contributed by atoms with van der Waals surface area (Å²) in [6.45, 7) is 1.97. The molecule has 1 N–H and O–H groups in total. The van der Waals surface area contributed by atoms with Crippen LogP contribution in [0.4, 0.5) is 11.4 Å². The summed E-state index contributed by atoms with van der Waals surface area (Å²) in [5.41, 5.74) is 2.13. The highest BCUT2D eigenvalue weighted by molar-refractivity contribution is 7.81. The molecule has 0 aliphatic heterocycles. The molecular formula is C25H21ClN3O3S-. The first-order valence-corrected chi connectivity index (χ1v) is 11.8. The van der Waals surface area contributed by atoms with Crippen molar-refractivity contribution in [3.8, 4) is 0 Å². The Morgan fingerprint density at radius 3 is 2.55 bits per heavy atom. The number of benzene rings is 3. The van der Waals surface area contributed by atoms with Gasteiger partial charge in [0.25, 0.3) is 5.91 Å². The van der Waals surface area contributed by atoms with Gasteiger partial charge in [-0.1, -0.05) is 67.1 Å². The first-order valence-electron chi connectivity index (χ1n) is 10.4. The number of anilines is 2. The summed E-state index contributed by atoms with van der Waals surface area (Å²) in [7, 11) is 0. The van der Waals surface area contributed by atoms with Crippen molar-refractivity contribution < 1.29 is 13.6 Å². The number of hydrogen-bond donors (Lipinski definition) is 1. The van der Waals surface area contributed by atoms with Crippen LogP contribution in [0.5, 0.6) is 0 Å². The molecule has 8 heteroatoms. The average molecular weight is 479 g/mol. The quantitative estimate of drug-likeness (QED) is 0.345. The summed E-state index contributed by atoms with van der Waals surface area (Å²) in [6, 6.07) is 22.8. The predicted molar refractivity (Wildman–Crippen MR) is 131 cm³/mol. The van der Waals surface area contributed by atoms with Gasteiger partial charge in [-0.25, -0.2) is 0 Å². The normalized spacial score (nSPS) is 12.8. The van der Waals surface area contributed by atoms with Crippen LogP contribution in [0, 0.1) is 0 Å². The Hall–Kier alpha value is -3.26. The number of halogens is 1. The summed E-state index contributed by atoms with van der Waals surface area (Å²) >= 11 is 3.48. The van der Waals surface area contributed by atoms with Crippen LogP contribution >= 0.6 is 11.6 Å². The fourth-order valence-corrected chi connectivity index (χ4v) is 4.55. The van der Waals surface area contributed by atoms with E-state index in [1.165, 1.54) is 12.1 Å². The molecule has 0 saturated carbocycles. The zero-order chi connectivity index (χ0) is 23.4. The zero-order valence-electron chi connectivity index (χ0n) is 17.8. The second-order valence-corrected chi connectivity index (χ2v) is 8.61. The molecule has 0 fully saturated rings. The number of hydrogen-bond acceptors (Lipinski definition) is 4. The van der Waals surface area contributed by atoms with Gasteiger partial charge in [0.15, 0.2) is 0 Å². The first-order chi connectivity index (χ1) is 16.0. The fraction of sp³-hybridized carbons (Fsp3) is 0.120. The predicted octanol–water partition coefficient (Wildman–Crippen LogP) is 5.70. The van der Waals surface area contributed by atoms with Crippen LogP contribution in [0.1, 0.15) is 35.3 Å². The molecule has 3 aromatic carbocycles. The number of nitrogens with one attached hydrogen (secondary N) is 1. The molecule has 4 aromatic rings. The van der Waals surface area contributed by atoms with Crippen LogP contribution in [0.2, 0.25) is 5.02 Å². The van der Waals surface area contributed by atoms with Crippen LogP contribution in [0.3, 0.4) is 0 Å². The molecule has 0 aliphatic rings. The minimum Gasteiger partial charge on any atom is -0.755 e. The number of rotatable bonds is 7. The highest BCUT2D eigenvalue weighted by Gasteiger charge is 2.23. The molecule has 0 spiro atoms. The van der Waals surface area contributed by atoms with Crippen molar-refractivity contribution in [3.63, 3.8) is 0 Å². The Bertz CT molecular complexity index is 1310. The molecule has 0 saturated heterocycles. The third kappa shape index (κ3) is 4.90. The molecule has 0 bridgehead atoms. The van der Waals surface area contributed by atoms with Crippen molar-refractivity contribution in [2.45, 2.75) is 19.4 Å². The fourth-order valence-electron chi connectivity index (χ4n) is 3.75. The van der Waals surface area contributed by atoms with Crippen LogP contribution in [-0.2, 0) is 11.3 Å². The highest BCUT2D eigenvalue weighted by atomic mass is 35.5. The van der Waals surface area contributed by atoms with Gasteiger partial charge >= 0.3 is 0 Å². The smallest absolute Gasteiger partial charge is 0.253 e. The summed E-state index contributed by atoms with van der Waals surface area (Å²) in [5.74, 6) is -0.424. The summed E-state index contributed by atoms with van der Waals surface area (Å²) in [4.78, 5) is 17.7. The van der Waals surface area contributed by atoms with Gasteiger partial charge in [-0.2, -0.15) is 0 Å². The number of pyridine rings is 1. The van der Waals surface area contributed by atoms with Gasteiger partial charge in [-0.3, -0.25) is 18.3 Å². The van der Waals surface area contributed by atoms with E-state index in [-0.39, 0.29) is 17.3 Å². The maximum atomic E-state index is 13.4. The van der Waals surface area contributed by atoms with E-state index in [0.29, 0.717) is 22.6 Å². The van der Waals surface area contributed by atoms with Crippen molar-refractivity contribution in [1.82, 2.24) is 10.3 Å². The lowest BCUT2D eigenvalue weighted by atomic mass is 10.0. The SMILES string of the molecule is CCC(NC(=O)c1cc(Cl)ccc1N(c1cccc2cccnc12)S(=O)[O-])c1ccccc1. The van der Waals surface area contributed by atoms with Gasteiger partial charge in [0, 0.05) is 16.6 Å². The van der Waals surface area contributed by atoms with Gasteiger partial charge in [-0.15, -0.1) is 0 Å². The van der Waals surface area contributed by atoms with Gasteiger partial charge < -0.3 is 9.87 Å². The van der Waals surface area contributed by atoms with Crippen molar-refractivity contribution >= 4 is 51.1 Å². The Morgan fingerprint density at radius 2 is 1.82 bits per heavy atom. The van der Waals surface area contributed by atoms with E-state index in [4.69, 9.17) is 11.6 Å². The second-order valence-electron chi connectivity index (χ2n) is 7.37. The van der Waals surface area contributed by atoms with Crippen LogP contribution < -0.4 is 9.62 Å². The van der Waals surface area contributed by atoms with E-state index in [9.17, 15) is 13.6 Å². The van der Waals surface area contributed by atoms with E-state index in [1.54, 1.807) is 30.5 Å². The van der Waals surface area contributed by atoms with Crippen molar-refractivity contribution in [2.75, 3.05) is 4.31 Å². The van der Waals surface area contributed by atoms with Crippen LogP contribution in [0.25, 0.3) is 10.9 Å². The average Bonchev–Trinajstić information content (AvgIpc) is 2.84. The molecule has 2 unspecified atom stereocenters. The molecule has 0 aliphatic carbocycles. The first kappa shape index (κ1) is 22.9. The largest absolute Gasteiger partial charge is 0.755 e. The van der Waals surface area contributed by atoms with Gasteiger partial charge in [-0.05, 0) is 42.3 Å². The Morgan fingerprint density at radius 1 is 1.06 bits per heavy atom. The van der Waals surface area contributed by atoms with Crippen LogP contribution in [-0.4, -0.2) is 19.7 Å². The third-order valence-electron chi connectivity index (χ3n) is 5.32. The number of amides is 1. The Kier molecular flexibility index (Phi) is 7.03. The maximum absolute atomic E-state index is 13.4. The third-order valence-corrected chi connectivity index (χ3v) is 6.24. The van der Waals surface area contributed by atoms with Crippen molar-refractivity contribution in [1.29, 1.82) is 0 Å². The molecule has 4 rings (SSSR count). The highest BCUT2D eigenvalue weighted by Crippen LogP contribution is 2.35. The lowest BCUT2D eigenvalue weighted by Crippen LogP contribution is -2.30. The Balaban J connectivity index is 1.79. The zero-order valence-corrected chi connectivity index (χ0v) is 19.3. The van der Waals surface area contributed by atoms with E-state index >= 15 is 0 Å². The van der Waals surface area contributed by atoms with E-state index in [0.717, 1.165) is 15.3 Å². The molecule has 33 heavy (non-hydrogen) atoms. The molecular weight excluding hydrogens is 458 g/mol. The maximum Gasteiger partial charge on any atom is 0.253 e. The van der Waals surface area contributed by atoms with E-state index < -0.39 is 17.2 Å². The molecule has 1 amide bonds. The van der Waals surface area contributed by atoms with E-state index in [1.807, 2.05) is 49.4 Å². The molecule has 1 aromatic heterocycles. The minimum atomic E-state index is -2.72. The summed E-state index contributed by atoms with van der Waals surface area (Å²) in [6.07, 6.45) is 2.26. The number of aromatic nitrogens is 1. The molecule has 1 heterocycles. The molecule has 0 radical (unpaired) electrons. The molecule has 6 nitrogen and oxygen atoms in total. The number of fused-ring (bicyclic) bond motifs is 1. The lowest BCUT2D eigenvalue weighted by molar-refractivity contribution is 0.0936. The monoisotopic (exact) mass is 478 g/mol. The number of carbonyl (C=O) groups is 1. The van der Waals surface area contributed by atoms with E-state index in [2.05, 4.69) is 10.3 Å². The number of carbonyl (C=O) groups excluding carboxylic acids is 1. The van der Waals surface area contributed by atoms with Crippen LogP contribution in [0.15, 0.2) is 85.1 Å². The standard InChI is InChI=1S/C25H22ClN3O3S/c1-2-21(17-8-4-3-5-9-17)28-25(30)20-16-19(26)13-14-22(20)29(33(31)32)23-12-6-10-18-11-7-15-27-24(18)23/h3-16,21H,2H2,1H3,(H,28,30)(H,31,32)/p-1. The van der Waals surface area contributed by atoms with Gasteiger partial charge in [0.05, 0.1) is 39.8 Å². The molecule has 168 valence electrons. The van der Waals surface area contributed by atoms with Crippen molar-refractivity contribution in [2.24, 2.45) is 0 Å². The number of nitrogens with zero attached hydrogens (tertiary/aromatic N) is 2. The van der Waals surface area contributed by atoms with Gasteiger partial charge in [0.2, 0.25) is 0 Å². The Labute approximate surface area is 199 Å². The number of para-hydroxylation sites is 1.